The lowest BCUT2D eigenvalue weighted by Gasteiger charge is -2.27. The van der Waals surface area contributed by atoms with Crippen LogP contribution in [0.2, 0.25) is 5.02 Å². The van der Waals surface area contributed by atoms with Crippen molar-refractivity contribution in [2.75, 3.05) is 18.9 Å². The number of ether oxygens (including phenoxy) is 1. The van der Waals surface area contributed by atoms with Crippen LogP contribution in [-0.4, -0.2) is 18.2 Å². The van der Waals surface area contributed by atoms with Crippen molar-refractivity contribution in [1.82, 2.24) is 4.98 Å². The summed E-state index contributed by atoms with van der Waals surface area (Å²) in [7, 11) is 0. The fourth-order valence-electron chi connectivity index (χ4n) is 3.06. The van der Waals surface area contributed by atoms with E-state index in [2.05, 4.69) is 18.8 Å². The Morgan fingerprint density at radius 3 is 2.75 bits per heavy atom. The molecule has 1 aliphatic rings. The molecule has 0 amide bonds. The molecule has 1 saturated heterocycles. The molecular formula is C16H25ClN2O. The number of pyridine rings is 1. The summed E-state index contributed by atoms with van der Waals surface area (Å²) in [6.07, 6.45) is 6.38. The molecule has 1 aromatic heterocycles. The summed E-state index contributed by atoms with van der Waals surface area (Å²) in [5, 5.41) is 0.672. The standard InChI is InChI=1S/C16H25ClN2O/c1-11(2)14(4-3-12-5-7-20-8-6-12)15-9-13(17)10-19-16(15)18/h9-12,14H,3-8H2,1-2H3,(H2,18,19)/t14-/m0/s1. The normalized spacial score (nSPS) is 18.4. The second kappa shape index (κ2) is 7.28. The molecule has 1 aromatic rings. The predicted molar refractivity (Wildman–Crippen MR) is 84.0 cm³/mol. The third-order valence-electron chi connectivity index (χ3n) is 4.35. The van der Waals surface area contributed by atoms with E-state index in [0.29, 0.717) is 22.7 Å². The number of rotatable bonds is 5. The third-order valence-corrected chi connectivity index (χ3v) is 4.55. The first kappa shape index (κ1) is 15.6. The summed E-state index contributed by atoms with van der Waals surface area (Å²) in [5.41, 5.74) is 7.16. The average molecular weight is 297 g/mol. The van der Waals surface area contributed by atoms with E-state index in [4.69, 9.17) is 22.1 Å². The molecule has 3 nitrogen and oxygen atoms in total. The van der Waals surface area contributed by atoms with Crippen LogP contribution in [0.5, 0.6) is 0 Å². The van der Waals surface area contributed by atoms with Gasteiger partial charge in [0, 0.05) is 19.4 Å². The molecule has 0 radical (unpaired) electrons. The van der Waals surface area contributed by atoms with Gasteiger partial charge in [-0.05, 0) is 55.1 Å². The average Bonchev–Trinajstić information content (AvgIpc) is 2.43. The summed E-state index contributed by atoms with van der Waals surface area (Å²) >= 11 is 6.08. The Bertz CT molecular complexity index is 430. The Hall–Kier alpha value is -0.800. The van der Waals surface area contributed by atoms with Crippen molar-refractivity contribution in [2.24, 2.45) is 11.8 Å². The summed E-state index contributed by atoms with van der Waals surface area (Å²) in [6.45, 7) is 6.32. The fourth-order valence-corrected chi connectivity index (χ4v) is 3.23. The maximum absolute atomic E-state index is 6.08. The van der Waals surface area contributed by atoms with Gasteiger partial charge in [0.15, 0.2) is 0 Å². The molecule has 0 aromatic carbocycles. The van der Waals surface area contributed by atoms with E-state index in [-0.39, 0.29) is 0 Å². The SMILES string of the molecule is CC(C)[C@H](CCC1CCOCC1)c1cc(Cl)cnc1N. The summed E-state index contributed by atoms with van der Waals surface area (Å²) < 4.78 is 5.43. The predicted octanol–water partition coefficient (Wildman–Crippen LogP) is 4.26. The van der Waals surface area contributed by atoms with Crippen molar-refractivity contribution >= 4 is 17.4 Å². The Balaban J connectivity index is 2.04. The van der Waals surface area contributed by atoms with Crippen LogP contribution in [0.25, 0.3) is 0 Å². The minimum absolute atomic E-state index is 0.434. The molecule has 1 aliphatic heterocycles. The molecule has 1 fully saturated rings. The van der Waals surface area contributed by atoms with Gasteiger partial charge in [0.1, 0.15) is 5.82 Å². The summed E-state index contributed by atoms with van der Waals surface area (Å²) in [5.74, 6) is 2.39. The van der Waals surface area contributed by atoms with Gasteiger partial charge in [-0.1, -0.05) is 25.4 Å². The van der Waals surface area contributed by atoms with E-state index in [9.17, 15) is 0 Å². The van der Waals surface area contributed by atoms with Gasteiger partial charge < -0.3 is 10.5 Å². The van der Waals surface area contributed by atoms with Crippen LogP contribution in [0.3, 0.4) is 0 Å². The van der Waals surface area contributed by atoms with Gasteiger partial charge in [-0.15, -0.1) is 0 Å². The van der Waals surface area contributed by atoms with Gasteiger partial charge in [-0.25, -0.2) is 4.98 Å². The lowest BCUT2D eigenvalue weighted by molar-refractivity contribution is 0.0623. The van der Waals surface area contributed by atoms with Crippen molar-refractivity contribution < 1.29 is 4.74 Å². The van der Waals surface area contributed by atoms with Crippen LogP contribution in [-0.2, 0) is 4.74 Å². The van der Waals surface area contributed by atoms with Crippen LogP contribution in [0.15, 0.2) is 12.3 Å². The minimum atomic E-state index is 0.434. The molecule has 0 aliphatic carbocycles. The maximum atomic E-state index is 6.08. The van der Waals surface area contributed by atoms with E-state index >= 15 is 0 Å². The minimum Gasteiger partial charge on any atom is -0.383 e. The van der Waals surface area contributed by atoms with Crippen LogP contribution in [0.4, 0.5) is 5.82 Å². The van der Waals surface area contributed by atoms with Gasteiger partial charge >= 0.3 is 0 Å². The largest absolute Gasteiger partial charge is 0.383 e. The van der Waals surface area contributed by atoms with Gasteiger partial charge in [-0.2, -0.15) is 0 Å². The summed E-state index contributed by atoms with van der Waals surface area (Å²) in [4.78, 5) is 4.20. The Kier molecular flexibility index (Phi) is 5.67. The lowest BCUT2D eigenvalue weighted by Crippen LogP contribution is -2.18. The number of halogens is 1. The number of hydrogen-bond donors (Lipinski definition) is 1. The molecule has 0 spiro atoms. The molecule has 0 bridgehead atoms. The number of hydrogen-bond acceptors (Lipinski definition) is 3. The molecule has 1 atom stereocenters. The highest BCUT2D eigenvalue weighted by Gasteiger charge is 2.22. The number of nitrogen functional groups attached to an aromatic ring is 1. The first-order valence-electron chi connectivity index (χ1n) is 7.56. The zero-order chi connectivity index (χ0) is 14.5. The highest BCUT2D eigenvalue weighted by molar-refractivity contribution is 6.30. The van der Waals surface area contributed by atoms with Crippen molar-refractivity contribution in [3.8, 4) is 0 Å². The highest BCUT2D eigenvalue weighted by atomic mass is 35.5. The molecule has 4 heteroatoms. The maximum Gasteiger partial charge on any atom is 0.126 e. The Morgan fingerprint density at radius 2 is 2.10 bits per heavy atom. The van der Waals surface area contributed by atoms with Crippen molar-refractivity contribution in [1.29, 1.82) is 0 Å². The van der Waals surface area contributed by atoms with Crippen LogP contribution < -0.4 is 5.73 Å². The zero-order valence-electron chi connectivity index (χ0n) is 12.4. The van der Waals surface area contributed by atoms with E-state index < -0.39 is 0 Å². The van der Waals surface area contributed by atoms with Crippen molar-refractivity contribution in [3.05, 3.63) is 22.8 Å². The molecular weight excluding hydrogens is 272 g/mol. The fraction of sp³-hybridized carbons (Fsp3) is 0.688. The second-order valence-electron chi connectivity index (χ2n) is 6.11. The quantitative estimate of drug-likeness (QED) is 0.883. The second-order valence-corrected chi connectivity index (χ2v) is 6.55. The molecule has 2 N–H and O–H groups in total. The molecule has 2 rings (SSSR count). The first-order valence-corrected chi connectivity index (χ1v) is 7.94. The van der Waals surface area contributed by atoms with E-state index in [1.807, 2.05) is 6.07 Å². The van der Waals surface area contributed by atoms with E-state index in [1.54, 1.807) is 6.20 Å². The monoisotopic (exact) mass is 296 g/mol. The molecule has 112 valence electrons. The van der Waals surface area contributed by atoms with E-state index in [1.165, 1.54) is 19.3 Å². The topological polar surface area (TPSA) is 48.1 Å². The highest BCUT2D eigenvalue weighted by Crippen LogP contribution is 2.35. The number of nitrogens with two attached hydrogens (primary N) is 1. The molecule has 0 unspecified atom stereocenters. The van der Waals surface area contributed by atoms with Crippen molar-refractivity contribution in [3.63, 3.8) is 0 Å². The van der Waals surface area contributed by atoms with Crippen molar-refractivity contribution in [2.45, 2.75) is 45.4 Å². The number of aromatic nitrogens is 1. The molecule has 0 saturated carbocycles. The molecule has 2 heterocycles. The van der Waals surface area contributed by atoms with E-state index in [0.717, 1.165) is 31.1 Å². The number of anilines is 1. The number of nitrogens with zero attached hydrogens (tertiary/aromatic N) is 1. The van der Waals surface area contributed by atoms with Gasteiger partial charge in [-0.3, -0.25) is 0 Å². The van der Waals surface area contributed by atoms with Crippen LogP contribution in [0, 0.1) is 11.8 Å². The first-order chi connectivity index (χ1) is 9.58. The van der Waals surface area contributed by atoms with Crippen LogP contribution in [0.1, 0.15) is 51.0 Å². The van der Waals surface area contributed by atoms with Crippen LogP contribution >= 0.6 is 11.6 Å². The summed E-state index contributed by atoms with van der Waals surface area (Å²) in [6, 6.07) is 1.98. The molecule has 20 heavy (non-hydrogen) atoms. The lowest BCUT2D eigenvalue weighted by atomic mass is 9.81. The Morgan fingerprint density at radius 1 is 1.40 bits per heavy atom. The Labute approximate surface area is 126 Å². The smallest absolute Gasteiger partial charge is 0.126 e. The van der Waals surface area contributed by atoms with Gasteiger partial charge in [0.05, 0.1) is 5.02 Å². The third kappa shape index (κ3) is 4.10. The van der Waals surface area contributed by atoms with Gasteiger partial charge in [0.25, 0.3) is 0 Å². The van der Waals surface area contributed by atoms with Gasteiger partial charge in [0.2, 0.25) is 0 Å². The zero-order valence-corrected chi connectivity index (χ0v) is 13.2.